The highest BCUT2D eigenvalue weighted by molar-refractivity contribution is 9.10. The Morgan fingerprint density at radius 3 is 2.67 bits per heavy atom. The van der Waals surface area contributed by atoms with E-state index in [2.05, 4.69) is 15.9 Å². The van der Waals surface area contributed by atoms with Gasteiger partial charge in [-0.1, -0.05) is 34.1 Å². The normalized spacial score (nSPS) is 22.3. The Kier molecular flexibility index (Phi) is 5.06. The van der Waals surface area contributed by atoms with Gasteiger partial charge >= 0.3 is 5.97 Å². The number of nitrogens with zero attached hydrogens (tertiary/aromatic N) is 1. The van der Waals surface area contributed by atoms with E-state index >= 15 is 0 Å². The van der Waals surface area contributed by atoms with E-state index in [1.165, 1.54) is 0 Å². The summed E-state index contributed by atoms with van der Waals surface area (Å²) in [5, 5.41) is 9.14. The Balaban J connectivity index is 2.28. The minimum Gasteiger partial charge on any atom is -0.480 e. The maximum absolute atomic E-state index is 11.7. The summed E-state index contributed by atoms with van der Waals surface area (Å²) in [7, 11) is -3.05. The maximum Gasteiger partial charge on any atom is 0.317 e. The fourth-order valence-electron chi connectivity index (χ4n) is 2.77. The number of carboxylic acids is 1. The summed E-state index contributed by atoms with van der Waals surface area (Å²) in [4.78, 5) is 12.9. The third kappa shape index (κ3) is 4.05. The highest BCUT2D eigenvalue weighted by Gasteiger charge is 2.36. The predicted octanol–water partition coefficient (Wildman–Crippen LogP) is 2.08. The summed E-state index contributed by atoms with van der Waals surface area (Å²) in [6.07, 6.45) is 0.490. The molecule has 0 spiro atoms. The van der Waals surface area contributed by atoms with E-state index in [9.17, 15) is 13.2 Å². The van der Waals surface area contributed by atoms with Crippen LogP contribution in [0.25, 0.3) is 0 Å². The molecule has 2 rings (SSSR count). The van der Waals surface area contributed by atoms with E-state index in [-0.39, 0.29) is 30.1 Å². The molecule has 21 heavy (non-hydrogen) atoms. The molecular formula is C14H18BrNO4S. The second-order valence-electron chi connectivity index (χ2n) is 5.32. The topological polar surface area (TPSA) is 74.7 Å². The largest absolute Gasteiger partial charge is 0.480 e. The summed E-state index contributed by atoms with van der Waals surface area (Å²) in [6, 6.07) is 7.19. The molecule has 2 unspecified atom stereocenters. The number of hydrogen-bond donors (Lipinski definition) is 1. The Labute approximate surface area is 133 Å². The fraction of sp³-hybridized carbons (Fsp3) is 0.500. The van der Waals surface area contributed by atoms with Gasteiger partial charge in [0.25, 0.3) is 0 Å². The van der Waals surface area contributed by atoms with E-state index in [4.69, 9.17) is 5.11 Å². The van der Waals surface area contributed by atoms with Crippen molar-refractivity contribution in [3.05, 3.63) is 34.3 Å². The molecule has 1 fully saturated rings. The van der Waals surface area contributed by atoms with E-state index < -0.39 is 15.8 Å². The molecule has 0 amide bonds. The molecule has 0 bridgehead atoms. The van der Waals surface area contributed by atoms with Gasteiger partial charge in [0.2, 0.25) is 0 Å². The maximum atomic E-state index is 11.7. The van der Waals surface area contributed by atoms with Gasteiger partial charge in [0.05, 0.1) is 18.1 Å². The van der Waals surface area contributed by atoms with Gasteiger partial charge in [-0.05, 0) is 25.0 Å². The third-order valence-electron chi connectivity index (χ3n) is 3.85. The molecule has 116 valence electrons. The van der Waals surface area contributed by atoms with Crippen LogP contribution in [0.2, 0.25) is 0 Å². The van der Waals surface area contributed by atoms with Crippen LogP contribution in [-0.4, -0.2) is 48.5 Å². The number of aliphatic carboxylic acids is 1. The molecule has 2 atom stereocenters. The van der Waals surface area contributed by atoms with E-state index in [1.807, 2.05) is 31.2 Å². The Hall–Kier alpha value is -0.920. The van der Waals surface area contributed by atoms with Gasteiger partial charge in [-0.2, -0.15) is 0 Å². The number of carbonyl (C=O) groups is 1. The number of rotatable bonds is 5. The van der Waals surface area contributed by atoms with Crippen LogP contribution in [0, 0.1) is 0 Å². The molecule has 1 aliphatic heterocycles. The van der Waals surface area contributed by atoms with Gasteiger partial charge in [0, 0.05) is 16.6 Å². The quantitative estimate of drug-likeness (QED) is 0.852. The highest BCUT2D eigenvalue weighted by Crippen LogP contribution is 2.31. The van der Waals surface area contributed by atoms with Crippen molar-refractivity contribution in [2.75, 3.05) is 18.1 Å². The van der Waals surface area contributed by atoms with Crippen molar-refractivity contribution >= 4 is 31.7 Å². The Bertz CT molecular complexity index is 632. The predicted molar refractivity (Wildman–Crippen MR) is 84.0 cm³/mol. The Morgan fingerprint density at radius 1 is 1.48 bits per heavy atom. The summed E-state index contributed by atoms with van der Waals surface area (Å²) in [5.41, 5.74) is 0.961. The van der Waals surface area contributed by atoms with Crippen molar-refractivity contribution in [2.24, 2.45) is 0 Å². The summed E-state index contributed by atoms with van der Waals surface area (Å²) in [5.74, 6) is -0.774. The van der Waals surface area contributed by atoms with Crippen LogP contribution in [0.15, 0.2) is 28.7 Å². The van der Waals surface area contributed by atoms with E-state index in [1.54, 1.807) is 4.90 Å². The van der Waals surface area contributed by atoms with Crippen molar-refractivity contribution in [1.29, 1.82) is 0 Å². The molecule has 0 aromatic heterocycles. The fourth-order valence-corrected chi connectivity index (χ4v) is 5.13. The molecule has 7 heteroatoms. The second kappa shape index (κ2) is 6.46. The van der Waals surface area contributed by atoms with Crippen LogP contribution in [0.4, 0.5) is 0 Å². The number of halogens is 1. The van der Waals surface area contributed by atoms with Gasteiger partial charge in [-0.25, -0.2) is 8.42 Å². The smallest absolute Gasteiger partial charge is 0.317 e. The second-order valence-corrected chi connectivity index (χ2v) is 8.40. The van der Waals surface area contributed by atoms with Gasteiger partial charge in [0.15, 0.2) is 9.84 Å². The number of carboxylic acid groups (broad SMARTS) is 1. The molecule has 1 saturated heterocycles. The number of hydrogen-bond acceptors (Lipinski definition) is 4. The number of sulfone groups is 1. The zero-order chi connectivity index (χ0) is 15.6. The molecule has 1 N–H and O–H groups in total. The molecular weight excluding hydrogens is 358 g/mol. The van der Waals surface area contributed by atoms with Crippen LogP contribution in [-0.2, 0) is 14.6 Å². The summed E-state index contributed by atoms with van der Waals surface area (Å²) < 4.78 is 24.2. The molecule has 1 aromatic rings. The first-order valence-electron chi connectivity index (χ1n) is 6.72. The van der Waals surface area contributed by atoms with Crippen molar-refractivity contribution in [1.82, 2.24) is 4.90 Å². The first kappa shape index (κ1) is 16.5. The lowest BCUT2D eigenvalue weighted by Crippen LogP contribution is -2.41. The van der Waals surface area contributed by atoms with Crippen LogP contribution in [0.5, 0.6) is 0 Å². The monoisotopic (exact) mass is 375 g/mol. The average Bonchev–Trinajstić information content (AvgIpc) is 2.76. The SMILES string of the molecule is CC(c1ccccc1Br)N(CC(=O)O)C1CCS(=O)(=O)C1. The van der Waals surface area contributed by atoms with Crippen molar-refractivity contribution in [3.8, 4) is 0 Å². The van der Waals surface area contributed by atoms with Gasteiger partial charge in [-0.15, -0.1) is 0 Å². The first-order valence-corrected chi connectivity index (χ1v) is 9.34. The van der Waals surface area contributed by atoms with E-state index in [0.29, 0.717) is 6.42 Å². The molecule has 0 saturated carbocycles. The number of benzene rings is 1. The lowest BCUT2D eigenvalue weighted by molar-refractivity contribution is -0.139. The van der Waals surface area contributed by atoms with Crippen LogP contribution >= 0.6 is 15.9 Å². The summed E-state index contributed by atoms with van der Waals surface area (Å²) >= 11 is 3.47. The molecule has 0 radical (unpaired) electrons. The van der Waals surface area contributed by atoms with Crippen molar-refractivity contribution in [3.63, 3.8) is 0 Å². The van der Waals surface area contributed by atoms with Gasteiger partial charge in [-0.3, -0.25) is 9.69 Å². The van der Waals surface area contributed by atoms with Crippen LogP contribution in [0.3, 0.4) is 0 Å². The van der Waals surface area contributed by atoms with Gasteiger partial charge in [0.1, 0.15) is 0 Å². The molecule has 1 heterocycles. The Morgan fingerprint density at radius 2 is 2.14 bits per heavy atom. The minimum atomic E-state index is -3.05. The summed E-state index contributed by atoms with van der Waals surface area (Å²) in [6.45, 7) is 1.75. The zero-order valence-electron chi connectivity index (χ0n) is 11.7. The lowest BCUT2D eigenvalue weighted by atomic mass is 10.0. The molecule has 1 aliphatic rings. The van der Waals surface area contributed by atoms with Gasteiger partial charge < -0.3 is 5.11 Å². The highest BCUT2D eigenvalue weighted by atomic mass is 79.9. The van der Waals surface area contributed by atoms with Crippen molar-refractivity contribution < 1.29 is 18.3 Å². The van der Waals surface area contributed by atoms with E-state index in [0.717, 1.165) is 10.0 Å². The van der Waals surface area contributed by atoms with Crippen LogP contribution in [0.1, 0.15) is 24.9 Å². The lowest BCUT2D eigenvalue weighted by Gasteiger charge is -2.33. The third-order valence-corrected chi connectivity index (χ3v) is 6.32. The average molecular weight is 376 g/mol. The standard InChI is InChI=1S/C14H18BrNO4S/c1-10(12-4-2-3-5-13(12)15)16(8-14(17)18)11-6-7-21(19,20)9-11/h2-5,10-11H,6-9H2,1H3,(H,17,18). The molecule has 0 aliphatic carbocycles. The first-order chi connectivity index (χ1) is 9.80. The molecule has 5 nitrogen and oxygen atoms in total. The minimum absolute atomic E-state index is 0.0368. The zero-order valence-corrected chi connectivity index (χ0v) is 14.1. The molecule has 1 aromatic carbocycles. The van der Waals surface area contributed by atoms with Crippen LogP contribution < -0.4 is 0 Å². The van der Waals surface area contributed by atoms with Crippen molar-refractivity contribution in [2.45, 2.75) is 25.4 Å².